The number of fused-ring (bicyclic) bond motifs is 9. The summed E-state index contributed by atoms with van der Waals surface area (Å²) < 4.78 is 7.27. The number of hydrogen-bond donors (Lipinski definition) is 0. The van der Waals surface area contributed by atoms with Crippen LogP contribution in [-0.2, 0) is 6.42 Å². The van der Waals surface area contributed by atoms with Gasteiger partial charge in [-0.3, -0.25) is 0 Å². The van der Waals surface area contributed by atoms with Crippen molar-refractivity contribution < 1.29 is 0 Å². The van der Waals surface area contributed by atoms with Gasteiger partial charge in [-0.1, -0.05) is 164 Å². The summed E-state index contributed by atoms with van der Waals surface area (Å²) >= 11 is 0. The highest BCUT2D eigenvalue weighted by atomic mass is 15.0. The van der Waals surface area contributed by atoms with Gasteiger partial charge in [0.25, 0.3) is 0 Å². The van der Waals surface area contributed by atoms with E-state index in [-0.39, 0.29) is 5.92 Å². The maximum atomic E-state index is 5.38. The van der Waals surface area contributed by atoms with Crippen molar-refractivity contribution in [2.75, 3.05) is 0 Å². The molecule has 0 N–H and O–H groups in total. The molecule has 13 aromatic rings. The Morgan fingerprint density at radius 1 is 0.348 bits per heavy atom. The molecule has 5 nitrogen and oxygen atoms in total. The van der Waals surface area contributed by atoms with E-state index in [2.05, 4.69) is 244 Å². The van der Waals surface area contributed by atoms with Crippen LogP contribution in [0.4, 0.5) is 0 Å². The lowest BCUT2D eigenvalue weighted by atomic mass is 9.86. The summed E-state index contributed by atoms with van der Waals surface area (Å²) in [4.78, 5) is 10.8. The summed E-state index contributed by atoms with van der Waals surface area (Å²) in [5.41, 5.74) is 17.8. The van der Waals surface area contributed by atoms with Crippen molar-refractivity contribution in [1.29, 1.82) is 0 Å². The van der Waals surface area contributed by atoms with Gasteiger partial charge in [-0.25, -0.2) is 9.97 Å². The van der Waals surface area contributed by atoms with E-state index in [9.17, 15) is 0 Å². The van der Waals surface area contributed by atoms with Crippen LogP contribution in [0.2, 0.25) is 0 Å². The molecule has 1 aliphatic rings. The molecule has 324 valence electrons. The van der Waals surface area contributed by atoms with E-state index in [1.54, 1.807) is 0 Å². The normalized spacial score (nSPS) is 13.5. The number of para-hydroxylation sites is 5. The molecule has 0 spiro atoms. The van der Waals surface area contributed by atoms with Crippen LogP contribution in [0.15, 0.2) is 237 Å². The van der Waals surface area contributed by atoms with Crippen LogP contribution in [0.3, 0.4) is 0 Å². The predicted molar refractivity (Wildman–Crippen MR) is 286 cm³/mol. The molecule has 0 aliphatic heterocycles. The molecule has 0 saturated heterocycles. The Labute approximate surface area is 399 Å². The van der Waals surface area contributed by atoms with Crippen molar-refractivity contribution in [3.8, 4) is 51.0 Å². The van der Waals surface area contributed by atoms with Crippen molar-refractivity contribution in [3.63, 3.8) is 0 Å². The van der Waals surface area contributed by atoms with Crippen LogP contribution in [-0.4, -0.2) is 23.7 Å². The highest BCUT2D eigenvalue weighted by molar-refractivity contribution is 6.10. The highest BCUT2D eigenvalue weighted by Gasteiger charge is 2.26. The van der Waals surface area contributed by atoms with Gasteiger partial charge in [-0.2, -0.15) is 0 Å². The smallest absolute Gasteiger partial charge is 0.160 e. The Morgan fingerprint density at radius 2 is 0.812 bits per heavy atom. The Balaban J connectivity index is 0.970. The van der Waals surface area contributed by atoms with E-state index in [0.717, 1.165) is 56.9 Å². The average molecular weight is 882 g/mol. The monoisotopic (exact) mass is 881 g/mol. The average Bonchev–Trinajstić information content (AvgIpc) is 4.07. The lowest BCUT2D eigenvalue weighted by Gasteiger charge is -2.21. The van der Waals surface area contributed by atoms with Crippen LogP contribution in [0.25, 0.3) is 112 Å². The molecule has 4 aromatic heterocycles. The van der Waals surface area contributed by atoms with Gasteiger partial charge < -0.3 is 13.7 Å². The fourth-order valence-corrected chi connectivity index (χ4v) is 11.1. The quantitative estimate of drug-likeness (QED) is 0.160. The molecule has 0 fully saturated rings. The van der Waals surface area contributed by atoms with E-state index >= 15 is 0 Å². The summed E-state index contributed by atoms with van der Waals surface area (Å²) in [6.45, 7) is 0. The van der Waals surface area contributed by atoms with Crippen molar-refractivity contribution >= 4 is 60.6 Å². The molecule has 14 rings (SSSR count). The van der Waals surface area contributed by atoms with Crippen LogP contribution in [0.5, 0.6) is 0 Å². The van der Waals surface area contributed by atoms with Crippen LogP contribution in [0.1, 0.15) is 22.7 Å². The van der Waals surface area contributed by atoms with E-state index in [1.165, 1.54) is 66.0 Å². The molecule has 1 atom stereocenters. The first-order valence-electron chi connectivity index (χ1n) is 23.8. The Morgan fingerprint density at radius 3 is 1.41 bits per heavy atom. The molecule has 4 heterocycles. The number of benzene rings is 9. The van der Waals surface area contributed by atoms with E-state index < -0.39 is 0 Å². The van der Waals surface area contributed by atoms with E-state index in [1.807, 2.05) is 12.1 Å². The molecule has 9 aromatic carbocycles. The first-order valence-corrected chi connectivity index (χ1v) is 23.8. The second kappa shape index (κ2) is 15.8. The zero-order chi connectivity index (χ0) is 45.4. The minimum atomic E-state index is 0.199. The molecule has 5 heteroatoms. The Bertz CT molecular complexity index is 4050. The number of nitrogens with zero attached hydrogens (tertiary/aromatic N) is 5. The van der Waals surface area contributed by atoms with E-state index in [0.29, 0.717) is 5.82 Å². The third-order valence-electron chi connectivity index (χ3n) is 14.2. The number of hydrogen-bond acceptors (Lipinski definition) is 2. The lowest BCUT2D eigenvalue weighted by molar-refractivity contribution is 0.826. The molecular formula is C64H43N5. The van der Waals surface area contributed by atoms with Crippen molar-refractivity contribution in [1.82, 2.24) is 23.7 Å². The van der Waals surface area contributed by atoms with Gasteiger partial charge in [0, 0.05) is 72.3 Å². The maximum Gasteiger partial charge on any atom is 0.160 e. The topological polar surface area (TPSA) is 40.6 Å². The molecule has 0 bridgehead atoms. The second-order valence-electron chi connectivity index (χ2n) is 18.2. The number of rotatable bonds is 7. The molecule has 1 aliphatic carbocycles. The van der Waals surface area contributed by atoms with Crippen LogP contribution < -0.4 is 0 Å². The zero-order valence-electron chi connectivity index (χ0n) is 37.6. The third-order valence-corrected chi connectivity index (χ3v) is 14.2. The Kier molecular flexibility index (Phi) is 8.96. The van der Waals surface area contributed by atoms with Crippen molar-refractivity contribution in [2.45, 2.75) is 12.3 Å². The zero-order valence-corrected chi connectivity index (χ0v) is 37.6. The summed E-state index contributed by atoms with van der Waals surface area (Å²) in [6.07, 6.45) is 5.67. The SMILES string of the molecule is C1=CC(c2ccc3c(c2)c2ccccc2n3-c2ccccc2)Cc2c1n(-c1cc(-c3nc(-c4ccccc4)cc(-c4ccccc4)n3)cc(-n3c4ccccc4c4ccccc43)c1)c1ccccc21. The first kappa shape index (κ1) is 39.1. The predicted octanol–water partition coefficient (Wildman–Crippen LogP) is 16.0. The Hall–Kier alpha value is -9.06. The molecule has 69 heavy (non-hydrogen) atoms. The maximum absolute atomic E-state index is 5.38. The lowest BCUT2D eigenvalue weighted by Crippen LogP contribution is -2.08. The first-order chi connectivity index (χ1) is 34.2. The second-order valence-corrected chi connectivity index (χ2v) is 18.2. The number of aromatic nitrogens is 5. The summed E-state index contributed by atoms with van der Waals surface area (Å²) in [6, 6.07) is 82.9. The third kappa shape index (κ3) is 6.39. The molecule has 0 saturated carbocycles. The summed E-state index contributed by atoms with van der Waals surface area (Å²) in [5, 5.41) is 6.24. The fourth-order valence-electron chi connectivity index (χ4n) is 11.1. The van der Waals surface area contributed by atoms with Gasteiger partial charge in [0.15, 0.2) is 5.82 Å². The molecular weight excluding hydrogens is 839 g/mol. The van der Waals surface area contributed by atoms with Crippen molar-refractivity contribution in [3.05, 3.63) is 253 Å². The summed E-state index contributed by atoms with van der Waals surface area (Å²) in [7, 11) is 0. The van der Waals surface area contributed by atoms with Gasteiger partial charge in [-0.05, 0) is 96.4 Å². The van der Waals surface area contributed by atoms with Gasteiger partial charge in [-0.15, -0.1) is 0 Å². The van der Waals surface area contributed by atoms with Gasteiger partial charge >= 0.3 is 0 Å². The summed E-state index contributed by atoms with van der Waals surface area (Å²) in [5.74, 6) is 0.869. The van der Waals surface area contributed by atoms with Crippen molar-refractivity contribution in [2.24, 2.45) is 0 Å². The van der Waals surface area contributed by atoms with E-state index in [4.69, 9.17) is 9.97 Å². The van der Waals surface area contributed by atoms with Crippen LogP contribution >= 0.6 is 0 Å². The fraction of sp³-hybridized carbons (Fsp3) is 0.0312. The molecule has 0 radical (unpaired) electrons. The van der Waals surface area contributed by atoms with Gasteiger partial charge in [0.1, 0.15) is 0 Å². The number of allylic oxidation sites excluding steroid dienone is 1. The molecule has 1 unspecified atom stereocenters. The molecule has 0 amide bonds. The largest absolute Gasteiger partial charge is 0.309 e. The van der Waals surface area contributed by atoms with Gasteiger partial charge in [0.05, 0.1) is 39.0 Å². The minimum Gasteiger partial charge on any atom is -0.309 e. The highest BCUT2D eigenvalue weighted by Crippen LogP contribution is 2.42. The standard InChI is InChI=1S/C64H43N5/c1-4-18-42(19-5-1)56-41-57(43-20-6-2-7-21-43)66-64(65-56)46-36-48(68-58-28-14-10-24-50(58)51-25-11-15-29-59(51)68)40-49(37-46)69-61-31-17-13-27-53(61)55-39-45(33-35-63(55)69)44-32-34-62-54(38-44)52-26-12-16-30-60(52)67(62)47-22-8-3-9-23-47/h1-38,40-41,45H,39H2. The minimum absolute atomic E-state index is 0.199. The van der Waals surface area contributed by atoms with Crippen LogP contribution in [0, 0.1) is 0 Å². The van der Waals surface area contributed by atoms with Gasteiger partial charge in [0.2, 0.25) is 0 Å².